The first-order chi connectivity index (χ1) is 8.69. The van der Waals surface area contributed by atoms with Crippen molar-refractivity contribution in [2.24, 2.45) is 5.92 Å². The summed E-state index contributed by atoms with van der Waals surface area (Å²) in [5.74, 6) is 2.71. The Labute approximate surface area is 109 Å². The Hall–Kier alpha value is -1.42. The first-order valence-corrected chi connectivity index (χ1v) is 6.26. The van der Waals surface area contributed by atoms with Gasteiger partial charge in [-0.05, 0) is 6.54 Å². The summed E-state index contributed by atoms with van der Waals surface area (Å²) in [5.41, 5.74) is 0. The van der Waals surface area contributed by atoms with Gasteiger partial charge in [-0.25, -0.2) is 0 Å². The average Bonchev–Trinajstić information content (AvgIpc) is 2.42. The highest BCUT2D eigenvalue weighted by Crippen LogP contribution is 2.27. The lowest BCUT2D eigenvalue weighted by Crippen LogP contribution is -2.24. The quantitative estimate of drug-likeness (QED) is 0.772. The van der Waals surface area contributed by atoms with Gasteiger partial charge in [0.2, 0.25) is 0 Å². The van der Waals surface area contributed by atoms with Crippen molar-refractivity contribution in [1.82, 2.24) is 5.32 Å². The van der Waals surface area contributed by atoms with E-state index < -0.39 is 0 Å². The zero-order valence-corrected chi connectivity index (χ0v) is 11.7. The monoisotopic (exact) mass is 253 g/mol. The fraction of sp³-hybridized carbons (Fsp3) is 0.571. The van der Waals surface area contributed by atoms with E-state index in [-0.39, 0.29) is 0 Å². The largest absolute Gasteiger partial charge is 0.496 e. The molecule has 1 rings (SSSR count). The van der Waals surface area contributed by atoms with Gasteiger partial charge in [0.15, 0.2) is 0 Å². The molecule has 1 N–H and O–H groups in total. The van der Waals surface area contributed by atoms with Crippen LogP contribution in [0.1, 0.15) is 13.8 Å². The van der Waals surface area contributed by atoms with Crippen LogP contribution in [0.25, 0.3) is 0 Å². The van der Waals surface area contributed by atoms with Gasteiger partial charge < -0.3 is 19.5 Å². The Morgan fingerprint density at radius 3 is 2.11 bits per heavy atom. The third-order valence-corrected chi connectivity index (χ3v) is 2.60. The standard InChI is InChI=1S/C14H23NO3/c1-5-15-9-11(2)10-18-14-7-12(16-3)6-13(8-14)17-4/h6-8,11,15H,5,9-10H2,1-4H3. The fourth-order valence-corrected chi connectivity index (χ4v) is 1.55. The van der Waals surface area contributed by atoms with E-state index in [1.54, 1.807) is 14.2 Å². The summed E-state index contributed by atoms with van der Waals surface area (Å²) in [6.07, 6.45) is 0. The van der Waals surface area contributed by atoms with Crippen LogP contribution < -0.4 is 19.5 Å². The van der Waals surface area contributed by atoms with E-state index in [9.17, 15) is 0 Å². The van der Waals surface area contributed by atoms with Crippen molar-refractivity contribution in [2.75, 3.05) is 33.9 Å². The fourth-order valence-electron chi connectivity index (χ4n) is 1.55. The summed E-state index contributed by atoms with van der Waals surface area (Å²) in [4.78, 5) is 0. The molecule has 1 aromatic rings. The predicted octanol–water partition coefficient (Wildman–Crippen LogP) is 2.33. The summed E-state index contributed by atoms with van der Waals surface area (Å²) in [6, 6.07) is 5.56. The molecule has 0 saturated heterocycles. The second-order valence-electron chi connectivity index (χ2n) is 4.27. The Morgan fingerprint density at radius 1 is 1.06 bits per heavy atom. The minimum atomic E-state index is 0.460. The number of methoxy groups -OCH3 is 2. The van der Waals surface area contributed by atoms with E-state index >= 15 is 0 Å². The van der Waals surface area contributed by atoms with Crippen molar-refractivity contribution in [1.29, 1.82) is 0 Å². The Kier molecular flexibility index (Phi) is 6.36. The van der Waals surface area contributed by atoms with Crippen molar-refractivity contribution in [3.63, 3.8) is 0 Å². The molecule has 1 atom stereocenters. The van der Waals surface area contributed by atoms with E-state index in [0.717, 1.165) is 30.3 Å². The lowest BCUT2D eigenvalue weighted by molar-refractivity contribution is 0.254. The minimum Gasteiger partial charge on any atom is -0.496 e. The highest BCUT2D eigenvalue weighted by Gasteiger charge is 2.06. The second-order valence-corrected chi connectivity index (χ2v) is 4.27. The van der Waals surface area contributed by atoms with Crippen LogP contribution in [-0.4, -0.2) is 33.9 Å². The normalized spacial score (nSPS) is 12.0. The van der Waals surface area contributed by atoms with Gasteiger partial charge in [-0.1, -0.05) is 13.8 Å². The molecule has 0 aliphatic heterocycles. The SMILES string of the molecule is CCNCC(C)COc1cc(OC)cc(OC)c1. The van der Waals surface area contributed by atoms with Gasteiger partial charge in [0, 0.05) is 30.7 Å². The summed E-state index contributed by atoms with van der Waals surface area (Å²) in [5, 5.41) is 3.30. The third-order valence-electron chi connectivity index (χ3n) is 2.60. The number of benzene rings is 1. The van der Waals surface area contributed by atoms with Gasteiger partial charge in [0.25, 0.3) is 0 Å². The second kappa shape index (κ2) is 7.82. The van der Waals surface area contributed by atoms with Crippen LogP contribution in [0.4, 0.5) is 0 Å². The smallest absolute Gasteiger partial charge is 0.126 e. The summed E-state index contributed by atoms with van der Waals surface area (Å²) < 4.78 is 16.1. The van der Waals surface area contributed by atoms with Gasteiger partial charge in [0.1, 0.15) is 17.2 Å². The maximum atomic E-state index is 5.75. The number of nitrogens with one attached hydrogen (secondary N) is 1. The van der Waals surface area contributed by atoms with Crippen molar-refractivity contribution >= 4 is 0 Å². The van der Waals surface area contributed by atoms with Crippen LogP contribution in [-0.2, 0) is 0 Å². The van der Waals surface area contributed by atoms with Gasteiger partial charge >= 0.3 is 0 Å². The van der Waals surface area contributed by atoms with Crippen molar-refractivity contribution in [2.45, 2.75) is 13.8 Å². The minimum absolute atomic E-state index is 0.460. The molecule has 4 heteroatoms. The number of rotatable bonds is 8. The zero-order chi connectivity index (χ0) is 13.4. The molecule has 1 aromatic carbocycles. The molecular weight excluding hydrogens is 230 g/mol. The van der Waals surface area contributed by atoms with Crippen LogP contribution >= 0.6 is 0 Å². The molecule has 0 saturated carbocycles. The highest BCUT2D eigenvalue weighted by atomic mass is 16.5. The highest BCUT2D eigenvalue weighted by molar-refractivity contribution is 5.41. The van der Waals surface area contributed by atoms with E-state index in [1.807, 2.05) is 18.2 Å². The summed E-state index contributed by atoms with van der Waals surface area (Å²) in [7, 11) is 3.26. The van der Waals surface area contributed by atoms with Crippen LogP contribution in [0.3, 0.4) is 0 Å². The van der Waals surface area contributed by atoms with Crippen molar-refractivity contribution < 1.29 is 14.2 Å². The molecular formula is C14H23NO3. The first-order valence-electron chi connectivity index (χ1n) is 6.26. The molecule has 4 nitrogen and oxygen atoms in total. The molecule has 0 aromatic heterocycles. The molecule has 1 unspecified atom stereocenters. The lowest BCUT2D eigenvalue weighted by Gasteiger charge is -2.14. The molecule has 18 heavy (non-hydrogen) atoms. The Balaban J connectivity index is 2.55. The Morgan fingerprint density at radius 2 is 1.61 bits per heavy atom. The average molecular weight is 253 g/mol. The van der Waals surface area contributed by atoms with Crippen molar-refractivity contribution in [3.8, 4) is 17.2 Å². The van der Waals surface area contributed by atoms with Crippen molar-refractivity contribution in [3.05, 3.63) is 18.2 Å². The third kappa shape index (κ3) is 4.84. The molecule has 0 amide bonds. The molecule has 0 spiro atoms. The van der Waals surface area contributed by atoms with Crippen LogP contribution in [0.2, 0.25) is 0 Å². The maximum Gasteiger partial charge on any atom is 0.126 e. The predicted molar refractivity (Wildman–Crippen MR) is 72.7 cm³/mol. The molecule has 0 fully saturated rings. The Bertz CT molecular complexity index is 333. The van der Waals surface area contributed by atoms with Gasteiger partial charge in [-0.15, -0.1) is 0 Å². The van der Waals surface area contributed by atoms with E-state index in [0.29, 0.717) is 12.5 Å². The maximum absolute atomic E-state index is 5.75. The molecule has 0 aliphatic rings. The van der Waals surface area contributed by atoms with E-state index in [1.165, 1.54) is 0 Å². The molecule has 0 bridgehead atoms. The number of hydrogen-bond donors (Lipinski definition) is 1. The molecule has 0 heterocycles. The first kappa shape index (κ1) is 14.6. The lowest BCUT2D eigenvalue weighted by atomic mass is 10.2. The molecule has 0 radical (unpaired) electrons. The van der Waals surface area contributed by atoms with E-state index in [2.05, 4.69) is 19.2 Å². The zero-order valence-electron chi connectivity index (χ0n) is 11.7. The topological polar surface area (TPSA) is 39.7 Å². The van der Waals surface area contributed by atoms with Crippen LogP contribution in [0.15, 0.2) is 18.2 Å². The van der Waals surface area contributed by atoms with E-state index in [4.69, 9.17) is 14.2 Å². The molecule has 0 aliphatic carbocycles. The van der Waals surface area contributed by atoms with Crippen LogP contribution in [0.5, 0.6) is 17.2 Å². The summed E-state index contributed by atoms with van der Waals surface area (Å²) >= 11 is 0. The van der Waals surface area contributed by atoms with Gasteiger partial charge in [-0.3, -0.25) is 0 Å². The van der Waals surface area contributed by atoms with Gasteiger partial charge in [0.05, 0.1) is 20.8 Å². The summed E-state index contributed by atoms with van der Waals surface area (Å²) in [6.45, 7) is 6.86. The van der Waals surface area contributed by atoms with Gasteiger partial charge in [-0.2, -0.15) is 0 Å². The van der Waals surface area contributed by atoms with Crippen LogP contribution in [0, 0.1) is 5.92 Å². The number of hydrogen-bond acceptors (Lipinski definition) is 4. The molecule has 102 valence electrons. The number of ether oxygens (including phenoxy) is 3.